The van der Waals surface area contributed by atoms with Crippen molar-refractivity contribution < 1.29 is 38.1 Å². The van der Waals surface area contributed by atoms with Gasteiger partial charge in [0.05, 0.1) is 11.5 Å². The van der Waals surface area contributed by atoms with Crippen LogP contribution in [-0.4, -0.2) is 63.3 Å². The maximum absolute atomic E-state index is 17.4. The van der Waals surface area contributed by atoms with Crippen molar-refractivity contribution in [3.8, 4) is 0 Å². The Bertz CT molecular complexity index is 1030. The minimum atomic E-state index is -2.38. The second-order valence-electron chi connectivity index (χ2n) is 11.6. The molecule has 0 amide bonds. The van der Waals surface area contributed by atoms with E-state index in [4.69, 9.17) is 21.1 Å². The van der Waals surface area contributed by atoms with Crippen LogP contribution in [0.4, 0.5) is 8.78 Å². The summed E-state index contributed by atoms with van der Waals surface area (Å²) in [5, 5.41) is 21.2. The Kier molecular flexibility index (Phi) is 5.58. The SMILES string of the molecule is CCCC1(O)OCC(=O)[C@@]2(O1)[C@@H](C)C[C@H]1[C@@H]3[C@H](Cl)[C@@H](F)C4=CC(=O)C=C[C@]4(C)[C@@]3(F)[C@@H](O)C[C@@]12C. The molecule has 0 bridgehead atoms. The number of halogens is 3. The first-order valence-corrected chi connectivity index (χ1v) is 12.9. The molecule has 5 aliphatic rings. The number of carbonyl (C=O) groups excluding carboxylic acids is 2. The van der Waals surface area contributed by atoms with Crippen molar-refractivity contribution in [1.29, 1.82) is 0 Å². The van der Waals surface area contributed by atoms with Crippen LogP contribution in [-0.2, 0) is 19.1 Å². The molecule has 0 aromatic carbocycles. The summed E-state index contributed by atoms with van der Waals surface area (Å²) >= 11 is 6.67. The molecule has 6 nitrogen and oxygen atoms in total. The summed E-state index contributed by atoms with van der Waals surface area (Å²) in [7, 11) is 0. The molecule has 1 unspecified atom stereocenters. The van der Waals surface area contributed by atoms with Gasteiger partial charge in [-0.25, -0.2) is 8.78 Å². The normalized spacial score (nSPS) is 55.4. The molecule has 4 fully saturated rings. The second-order valence-corrected chi connectivity index (χ2v) is 12.1. The van der Waals surface area contributed by atoms with E-state index in [-0.39, 0.29) is 30.8 Å². The lowest BCUT2D eigenvalue weighted by molar-refractivity contribution is -0.423. The first-order chi connectivity index (χ1) is 16.2. The van der Waals surface area contributed by atoms with Crippen molar-refractivity contribution in [3.05, 3.63) is 23.8 Å². The molecule has 194 valence electrons. The van der Waals surface area contributed by atoms with E-state index in [2.05, 4.69) is 0 Å². The third kappa shape index (κ3) is 2.89. The molecule has 1 aliphatic heterocycles. The van der Waals surface area contributed by atoms with Crippen molar-refractivity contribution in [3.63, 3.8) is 0 Å². The van der Waals surface area contributed by atoms with Crippen molar-refractivity contribution in [2.75, 3.05) is 6.61 Å². The third-order valence-corrected chi connectivity index (χ3v) is 10.4. The number of aliphatic hydroxyl groups excluding tert-OH is 1. The Balaban J connectivity index is 1.66. The fourth-order valence-electron chi connectivity index (χ4n) is 8.34. The molecule has 3 saturated carbocycles. The fourth-order valence-corrected chi connectivity index (χ4v) is 8.83. The van der Waals surface area contributed by atoms with E-state index in [0.29, 0.717) is 12.8 Å². The smallest absolute Gasteiger partial charge is 0.281 e. The third-order valence-electron chi connectivity index (χ3n) is 9.91. The molecule has 1 spiro atoms. The molecule has 9 heteroatoms. The van der Waals surface area contributed by atoms with Gasteiger partial charge >= 0.3 is 0 Å². The molecular weight excluding hydrogens is 482 g/mol. The van der Waals surface area contributed by atoms with Gasteiger partial charge in [0, 0.05) is 23.2 Å². The summed E-state index contributed by atoms with van der Waals surface area (Å²) in [6, 6.07) is 0. The van der Waals surface area contributed by atoms with Crippen LogP contribution in [0, 0.1) is 28.6 Å². The lowest BCUT2D eigenvalue weighted by Crippen LogP contribution is -2.74. The van der Waals surface area contributed by atoms with Crippen LogP contribution in [0.2, 0.25) is 0 Å². The monoisotopic (exact) mass is 514 g/mol. The van der Waals surface area contributed by atoms with E-state index < -0.39 is 69.3 Å². The van der Waals surface area contributed by atoms with E-state index in [9.17, 15) is 19.8 Å². The van der Waals surface area contributed by atoms with Crippen LogP contribution in [0.3, 0.4) is 0 Å². The fraction of sp³-hybridized carbons (Fsp3) is 0.769. The Hall–Kier alpha value is -1.19. The van der Waals surface area contributed by atoms with Gasteiger partial charge in [-0.2, -0.15) is 0 Å². The average Bonchev–Trinajstić information content (AvgIpc) is 2.99. The Morgan fingerprint density at radius 3 is 2.63 bits per heavy atom. The Morgan fingerprint density at radius 2 is 1.97 bits per heavy atom. The minimum Gasteiger partial charge on any atom is -0.390 e. The standard InChI is InChI=1S/C26H33ClF2O6/c1-5-7-24(33)34-12-18(32)26(35-24)13(2)9-15-19-20(27)21(28)16-10-14(30)6-8-22(16,3)25(19,29)17(31)11-23(15,26)4/h6,8,10,13,15,17,19-21,31,33H,5,7,9,11-12H2,1-4H3/t13-,15-,17-,19+,20-,21-,22-,23-,24?,25+,26-/m0/s1. The minimum absolute atomic E-state index is 0.0668. The highest BCUT2D eigenvalue weighted by Gasteiger charge is 2.80. The van der Waals surface area contributed by atoms with Gasteiger partial charge in [-0.1, -0.05) is 26.8 Å². The van der Waals surface area contributed by atoms with Gasteiger partial charge in [0.25, 0.3) is 5.97 Å². The molecule has 0 aromatic heterocycles. The number of hydrogen-bond acceptors (Lipinski definition) is 6. The number of carbonyl (C=O) groups is 2. The van der Waals surface area contributed by atoms with E-state index in [1.807, 2.05) is 6.92 Å². The summed E-state index contributed by atoms with van der Waals surface area (Å²) in [5.41, 5.74) is -6.73. The van der Waals surface area contributed by atoms with Crippen LogP contribution < -0.4 is 0 Å². The number of ether oxygens (including phenoxy) is 2. The van der Waals surface area contributed by atoms with E-state index in [1.165, 1.54) is 19.1 Å². The van der Waals surface area contributed by atoms with Crippen LogP contribution in [0.5, 0.6) is 0 Å². The first-order valence-electron chi connectivity index (χ1n) is 12.4. The molecule has 0 radical (unpaired) electrons. The molecule has 2 N–H and O–H groups in total. The highest BCUT2D eigenvalue weighted by Crippen LogP contribution is 2.72. The van der Waals surface area contributed by atoms with Crippen LogP contribution >= 0.6 is 11.6 Å². The van der Waals surface area contributed by atoms with Gasteiger partial charge in [-0.15, -0.1) is 11.6 Å². The Morgan fingerprint density at radius 1 is 1.29 bits per heavy atom. The van der Waals surface area contributed by atoms with E-state index in [1.54, 1.807) is 13.8 Å². The van der Waals surface area contributed by atoms with Gasteiger partial charge in [0.1, 0.15) is 18.4 Å². The maximum Gasteiger partial charge on any atom is 0.281 e. The molecule has 1 saturated heterocycles. The zero-order chi connectivity index (χ0) is 25.8. The first kappa shape index (κ1) is 25.5. The van der Waals surface area contributed by atoms with Gasteiger partial charge < -0.3 is 19.7 Å². The highest BCUT2D eigenvalue weighted by molar-refractivity contribution is 6.22. The summed E-state index contributed by atoms with van der Waals surface area (Å²) in [6.07, 6.45) is 0.997. The number of aliphatic hydroxyl groups is 2. The van der Waals surface area contributed by atoms with Gasteiger partial charge in [-0.3, -0.25) is 9.59 Å². The van der Waals surface area contributed by atoms with Crippen molar-refractivity contribution in [2.24, 2.45) is 28.6 Å². The molecule has 35 heavy (non-hydrogen) atoms. The average molecular weight is 515 g/mol. The molecular formula is C26H33ClF2O6. The zero-order valence-electron chi connectivity index (χ0n) is 20.4. The number of ketones is 2. The van der Waals surface area contributed by atoms with Crippen molar-refractivity contribution in [2.45, 2.75) is 88.3 Å². The second kappa shape index (κ2) is 7.67. The number of rotatable bonds is 2. The predicted octanol–water partition coefficient (Wildman–Crippen LogP) is 3.57. The quantitative estimate of drug-likeness (QED) is 0.547. The van der Waals surface area contributed by atoms with Crippen molar-refractivity contribution >= 4 is 23.2 Å². The summed E-state index contributed by atoms with van der Waals surface area (Å²) in [5.74, 6) is -5.11. The van der Waals surface area contributed by atoms with Gasteiger partial charge in [-0.05, 0) is 55.7 Å². The molecule has 11 atom stereocenters. The number of alkyl halides is 3. The summed E-state index contributed by atoms with van der Waals surface area (Å²) in [6.45, 7) is 6.52. The largest absolute Gasteiger partial charge is 0.390 e. The van der Waals surface area contributed by atoms with Crippen LogP contribution in [0.15, 0.2) is 23.8 Å². The van der Waals surface area contributed by atoms with E-state index >= 15 is 8.78 Å². The molecule has 5 rings (SSSR count). The maximum atomic E-state index is 17.4. The lowest BCUT2D eigenvalue weighted by Gasteiger charge is -2.65. The van der Waals surface area contributed by atoms with E-state index in [0.717, 1.165) is 6.08 Å². The molecule has 4 aliphatic carbocycles. The van der Waals surface area contributed by atoms with Gasteiger partial charge in [0.15, 0.2) is 17.2 Å². The van der Waals surface area contributed by atoms with Crippen LogP contribution in [0.1, 0.15) is 53.4 Å². The Labute approximate surface area is 208 Å². The zero-order valence-corrected chi connectivity index (χ0v) is 21.1. The number of allylic oxidation sites excluding steroid dienone is 4. The van der Waals surface area contributed by atoms with Gasteiger partial charge in [0.2, 0.25) is 0 Å². The molecule has 0 aromatic rings. The highest BCUT2D eigenvalue weighted by atomic mass is 35.5. The summed E-state index contributed by atoms with van der Waals surface area (Å²) < 4.78 is 44.8. The lowest BCUT2D eigenvalue weighted by atomic mass is 9.44. The summed E-state index contributed by atoms with van der Waals surface area (Å²) in [4.78, 5) is 25.5. The number of fused-ring (bicyclic) bond motifs is 6. The van der Waals surface area contributed by atoms with Crippen molar-refractivity contribution in [1.82, 2.24) is 0 Å². The topological polar surface area (TPSA) is 93.1 Å². The number of Topliss-reactive ketones (excluding diaryl/α,β-unsaturated/α-hetero) is 1. The molecule has 1 heterocycles. The van der Waals surface area contributed by atoms with Crippen LogP contribution in [0.25, 0.3) is 0 Å². The predicted molar refractivity (Wildman–Crippen MR) is 123 cm³/mol. The number of hydrogen-bond donors (Lipinski definition) is 2.